The molecule has 4 aromatic rings. The molecule has 2 heterocycles. The predicted octanol–water partition coefficient (Wildman–Crippen LogP) is 4.89. The molecule has 9 heteroatoms. The van der Waals surface area contributed by atoms with E-state index >= 15 is 0 Å². The van der Waals surface area contributed by atoms with Gasteiger partial charge >= 0.3 is 0 Å². The molecule has 0 spiro atoms. The van der Waals surface area contributed by atoms with Crippen molar-refractivity contribution in [3.8, 4) is 11.5 Å². The number of allylic oxidation sites excluding steroid dienone is 1. The summed E-state index contributed by atoms with van der Waals surface area (Å²) in [6.45, 7) is 6.64. The molecule has 1 aromatic heterocycles. The third-order valence-corrected chi connectivity index (χ3v) is 6.09. The number of carbonyl (C=O) groups excluding carboxylic acids is 1. The van der Waals surface area contributed by atoms with E-state index in [0.29, 0.717) is 47.6 Å². The first-order chi connectivity index (χ1) is 18.0. The zero-order valence-electron chi connectivity index (χ0n) is 20.9. The quantitative estimate of drug-likeness (QED) is 0.358. The lowest BCUT2D eigenvalue weighted by atomic mass is 9.94. The fourth-order valence-corrected chi connectivity index (χ4v) is 4.27. The smallest absolute Gasteiger partial charge is 0.255 e. The van der Waals surface area contributed by atoms with E-state index in [1.807, 2.05) is 93.6 Å². The molecule has 188 valence electrons. The molecule has 0 saturated carbocycles. The number of carbonyl (C=O) groups is 1. The third kappa shape index (κ3) is 5.16. The Bertz CT molecular complexity index is 1430. The molecule has 0 fully saturated rings. The molecule has 1 atom stereocenters. The summed E-state index contributed by atoms with van der Waals surface area (Å²) in [7, 11) is 0. The minimum Gasteiger partial charge on any atom is -0.490 e. The van der Waals surface area contributed by atoms with Gasteiger partial charge in [-0.3, -0.25) is 4.79 Å². The highest BCUT2D eigenvalue weighted by atomic mass is 16.5. The van der Waals surface area contributed by atoms with E-state index in [1.165, 1.54) is 0 Å². The normalized spacial score (nSPS) is 14.5. The van der Waals surface area contributed by atoms with Crippen molar-refractivity contribution in [1.82, 2.24) is 20.2 Å². The summed E-state index contributed by atoms with van der Waals surface area (Å²) in [5.41, 5.74) is 4.83. The van der Waals surface area contributed by atoms with Crippen LogP contribution in [-0.4, -0.2) is 32.7 Å². The van der Waals surface area contributed by atoms with Crippen molar-refractivity contribution in [1.29, 1.82) is 0 Å². The van der Waals surface area contributed by atoms with Gasteiger partial charge in [0.1, 0.15) is 12.6 Å². The van der Waals surface area contributed by atoms with Crippen molar-refractivity contribution in [2.45, 2.75) is 33.4 Å². The maximum atomic E-state index is 13.6. The third-order valence-electron chi connectivity index (χ3n) is 6.09. The van der Waals surface area contributed by atoms with Gasteiger partial charge in [-0.2, -0.15) is 4.68 Å². The molecule has 9 nitrogen and oxygen atoms in total. The lowest BCUT2D eigenvalue weighted by molar-refractivity contribution is -0.113. The van der Waals surface area contributed by atoms with Crippen LogP contribution >= 0.6 is 0 Å². The average Bonchev–Trinajstić information content (AvgIpc) is 3.37. The fourth-order valence-electron chi connectivity index (χ4n) is 4.27. The van der Waals surface area contributed by atoms with E-state index in [9.17, 15) is 4.79 Å². The Balaban J connectivity index is 1.49. The molecule has 1 aliphatic heterocycles. The number of hydrogen-bond acceptors (Lipinski definition) is 7. The first kappa shape index (κ1) is 24.1. The molecule has 0 radical (unpaired) electrons. The second kappa shape index (κ2) is 10.5. The summed E-state index contributed by atoms with van der Waals surface area (Å²) in [5, 5.41) is 18.2. The number of anilines is 2. The number of ether oxygens (including phenoxy) is 2. The fraction of sp³-hybridized carbons (Fsp3) is 0.214. The highest BCUT2D eigenvalue weighted by Crippen LogP contribution is 2.39. The molecule has 1 amide bonds. The van der Waals surface area contributed by atoms with Gasteiger partial charge in [-0.1, -0.05) is 59.2 Å². The Morgan fingerprint density at radius 2 is 1.78 bits per heavy atom. The van der Waals surface area contributed by atoms with E-state index in [2.05, 4.69) is 26.2 Å². The second-order valence-electron chi connectivity index (χ2n) is 8.75. The van der Waals surface area contributed by atoms with E-state index in [4.69, 9.17) is 9.47 Å². The first-order valence-electron chi connectivity index (χ1n) is 12.1. The molecule has 5 rings (SSSR count). The van der Waals surface area contributed by atoms with Crippen LogP contribution in [-0.2, 0) is 11.4 Å². The largest absolute Gasteiger partial charge is 0.490 e. The Morgan fingerprint density at radius 1 is 1.00 bits per heavy atom. The van der Waals surface area contributed by atoms with Crippen molar-refractivity contribution >= 4 is 17.5 Å². The molecule has 1 aliphatic rings. The number of nitrogens with zero attached hydrogens (tertiary/aromatic N) is 4. The van der Waals surface area contributed by atoms with Gasteiger partial charge in [0.15, 0.2) is 11.5 Å². The summed E-state index contributed by atoms with van der Waals surface area (Å²) in [4.78, 5) is 13.6. The van der Waals surface area contributed by atoms with Crippen molar-refractivity contribution < 1.29 is 14.3 Å². The molecule has 1 unspecified atom stereocenters. The van der Waals surface area contributed by atoms with Crippen LogP contribution in [0.3, 0.4) is 0 Å². The van der Waals surface area contributed by atoms with Gasteiger partial charge in [0.2, 0.25) is 5.95 Å². The number of amides is 1. The standard InChI is InChI=1S/C28H28N6O3/c1-4-36-24-16-21(12-15-23(24)37-17-20-8-6-5-7-9-20)26-25(19(3)29-28-31-32-33-34(26)28)27(35)30-22-13-10-18(2)11-14-22/h5-16,26H,4,17H2,1-3H3,(H,30,35)(H,29,31,33). The number of benzene rings is 3. The van der Waals surface area contributed by atoms with Crippen LogP contribution in [0.25, 0.3) is 0 Å². The monoisotopic (exact) mass is 496 g/mol. The van der Waals surface area contributed by atoms with E-state index in [-0.39, 0.29) is 5.91 Å². The van der Waals surface area contributed by atoms with Crippen LogP contribution in [0.5, 0.6) is 11.5 Å². The molecule has 0 bridgehead atoms. The van der Waals surface area contributed by atoms with Gasteiger partial charge < -0.3 is 20.1 Å². The minimum atomic E-state index is -0.570. The van der Waals surface area contributed by atoms with Crippen LogP contribution < -0.4 is 20.1 Å². The summed E-state index contributed by atoms with van der Waals surface area (Å²) >= 11 is 0. The van der Waals surface area contributed by atoms with Crippen molar-refractivity contribution in [2.75, 3.05) is 17.2 Å². The zero-order chi connectivity index (χ0) is 25.8. The van der Waals surface area contributed by atoms with Crippen LogP contribution in [0.2, 0.25) is 0 Å². The van der Waals surface area contributed by atoms with Gasteiger partial charge in [-0.15, -0.1) is 0 Å². The zero-order valence-corrected chi connectivity index (χ0v) is 20.9. The number of fused-ring (bicyclic) bond motifs is 1. The average molecular weight is 497 g/mol. The highest BCUT2D eigenvalue weighted by Gasteiger charge is 2.34. The molecule has 3 aromatic carbocycles. The first-order valence-corrected chi connectivity index (χ1v) is 12.1. The van der Waals surface area contributed by atoms with Gasteiger partial charge in [0, 0.05) is 11.4 Å². The van der Waals surface area contributed by atoms with Gasteiger partial charge in [0.05, 0.1) is 12.2 Å². The molecular weight excluding hydrogens is 468 g/mol. The lowest BCUT2D eigenvalue weighted by Gasteiger charge is -2.28. The van der Waals surface area contributed by atoms with Crippen LogP contribution in [0, 0.1) is 6.92 Å². The number of aryl methyl sites for hydroxylation is 1. The molecule has 37 heavy (non-hydrogen) atoms. The SMILES string of the molecule is CCOc1cc(C2C(C(=O)Nc3ccc(C)cc3)=C(C)Nc3nnnn32)ccc1OCc1ccccc1. The summed E-state index contributed by atoms with van der Waals surface area (Å²) in [6, 6.07) is 22.7. The molecular formula is C28H28N6O3. The number of nitrogens with one attached hydrogen (secondary N) is 2. The summed E-state index contributed by atoms with van der Waals surface area (Å²) in [6.07, 6.45) is 0. The maximum Gasteiger partial charge on any atom is 0.255 e. The topological polar surface area (TPSA) is 103 Å². The minimum absolute atomic E-state index is 0.248. The lowest BCUT2D eigenvalue weighted by Crippen LogP contribution is -2.31. The number of hydrogen-bond donors (Lipinski definition) is 2. The van der Waals surface area contributed by atoms with Gasteiger partial charge in [-0.25, -0.2) is 0 Å². The predicted molar refractivity (Wildman–Crippen MR) is 140 cm³/mol. The Hall–Kier alpha value is -4.66. The van der Waals surface area contributed by atoms with E-state index in [0.717, 1.165) is 16.7 Å². The highest BCUT2D eigenvalue weighted by molar-refractivity contribution is 6.06. The van der Waals surface area contributed by atoms with Gasteiger partial charge in [0.25, 0.3) is 5.91 Å². The number of rotatable bonds is 8. The Kier molecular flexibility index (Phi) is 6.85. The molecule has 2 N–H and O–H groups in total. The Labute approximate surface area is 215 Å². The summed E-state index contributed by atoms with van der Waals surface area (Å²) in [5.74, 6) is 1.41. The maximum absolute atomic E-state index is 13.6. The number of aromatic nitrogens is 4. The van der Waals surface area contributed by atoms with Crippen LogP contribution in [0.1, 0.15) is 36.6 Å². The van der Waals surface area contributed by atoms with Gasteiger partial charge in [-0.05, 0) is 66.6 Å². The van der Waals surface area contributed by atoms with Crippen LogP contribution in [0.15, 0.2) is 84.1 Å². The van der Waals surface area contributed by atoms with E-state index < -0.39 is 6.04 Å². The van der Waals surface area contributed by atoms with Crippen molar-refractivity contribution in [2.24, 2.45) is 0 Å². The van der Waals surface area contributed by atoms with E-state index in [1.54, 1.807) is 4.68 Å². The van der Waals surface area contributed by atoms with Crippen molar-refractivity contribution in [3.05, 3.63) is 101 Å². The molecule has 0 saturated heterocycles. The number of tetrazole rings is 1. The summed E-state index contributed by atoms with van der Waals surface area (Å²) < 4.78 is 13.6. The molecule has 0 aliphatic carbocycles. The second-order valence-corrected chi connectivity index (χ2v) is 8.75. The van der Waals surface area contributed by atoms with Crippen molar-refractivity contribution in [3.63, 3.8) is 0 Å². The van der Waals surface area contributed by atoms with Crippen LogP contribution in [0.4, 0.5) is 11.6 Å². The Morgan fingerprint density at radius 3 is 2.54 bits per heavy atom.